The standard InChI is InChI=1S/C64H121NO5/c1-3-5-7-9-11-13-15-17-18-19-20-21-22-23-24-26-29-33-36-40-44-48-52-56-62(67)61(60-66)65-63(68)57-53-49-45-41-37-34-30-27-25-28-31-35-39-43-47-51-55-59-70-64(69)58-54-50-46-42-38-32-16-14-12-10-8-6-4-2/h14,16,25,28,35,39,61-62,66-67H,3-13,15,17-24,26-27,29-34,36-38,40-60H2,1-2H3,(H,65,68)/b16-14-,28-25-,39-35-. The summed E-state index contributed by atoms with van der Waals surface area (Å²) in [5.41, 5.74) is 0. The van der Waals surface area contributed by atoms with Gasteiger partial charge in [-0.15, -0.1) is 0 Å². The predicted octanol–water partition coefficient (Wildman–Crippen LogP) is 19.6. The number of esters is 1. The third kappa shape index (κ3) is 55.4. The maximum Gasteiger partial charge on any atom is 0.305 e. The molecule has 2 unspecified atom stereocenters. The van der Waals surface area contributed by atoms with Crippen LogP contribution >= 0.6 is 0 Å². The average Bonchev–Trinajstić information content (AvgIpc) is 3.36. The number of hydrogen-bond donors (Lipinski definition) is 3. The molecule has 0 heterocycles. The number of ether oxygens (including phenoxy) is 1. The van der Waals surface area contributed by atoms with E-state index in [0.29, 0.717) is 25.9 Å². The number of aliphatic hydroxyl groups excluding tert-OH is 2. The van der Waals surface area contributed by atoms with Crippen LogP contribution in [0.5, 0.6) is 0 Å². The van der Waals surface area contributed by atoms with Crippen molar-refractivity contribution in [2.24, 2.45) is 0 Å². The van der Waals surface area contributed by atoms with Crippen LogP contribution in [0.1, 0.15) is 335 Å². The molecule has 6 heteroatoms. The molecular formula is C64H121NO5. The monoisotopic (exact) mass is 984 g/mol. The molecule has 2 atom stereocenters. The number of rotatable bonds is 58. The lowest BCUT2D eigenvalue weighted by molar-refractivity contribution is -0.143. The van der Waals surface area contributed by atoms with E-state index in [0.717, 1.165) is 83.5 Å². The number of unbranched alkanes of at least 4 members (excludes halogenated alkanes) is 41. The number of nitrogens with one attached hydrogen (secondary N) is 1. The van der Waals surface area contributed by atoms with E-state index < -0.39 is 12.1 Å². The second kappa shape index (κ2) is 59.6. The maximum atomic E-state index is 12.5. The summed E-state index contributed by atoms with van der Waals surface area (Å²) < 4.78 is 5.44. The quantitative estimate of drug-likeness (QED) is 0.0321. The van der Waals surface area contributed by atoms with Crippen LogP contribution in [0.2, 0.25) is 0 Å². The van der Waals surface area contributed by atoms with Crippen LogP contribution in [-0.2, 0) is 14.3 Å². The molecule has 0 fully saturated rings. The Hall–Kier alpha value is -1.92. The first-order valence-electron chi connectivity index (χ1n) is 31.2. The molecule has 0 spiro atoms. The van der Waals surface area contributed by atoms with Crippen molar-refractivity contribution in [3.8, 4) is 0 Å². The highest BCUT2D eigenvalue weighted by Gasteiger charge is 2.20. The Morgan fingerprint density at radius 1 is 0.400 bits per heavy atom. The minimum Gasteiger partial charge on any atom is -0.466 e. The fourth-order valence-electron chi connectivity index (χ4n) is 9.61. The summed E-state index contributed by atoms with van der Waals surface area (Å²) in [6, 6.07) is -0.555. The Bertz CT molecular complexity index is 1130. The molecule has 0 aromatic carbocycles. The van der Waals surface area contributed by atoms with E-state index in [-0.39, 0.29) is 18.5 Å². The molecule has 0 rings (SSSR count). The Morgan fingerprint density at radius 3 is 1.11 bits per heavy atom. The van der Waals surface area contributed by atoms with Gasteiger partial charge in [0.2, 0.25) is 5.91 Å². The molecule has 70 heavy (non-hydrogen) atoms. The second-order valence-corrected chi connectivity index (χ2v) is 21.4. The molecule has 0 saturated heterocycles. The largest absolute Gasteiger partial charge is 0.466 e. The Kier molecular flexibility index (Phi) is 58.0. The van der Waals surface area contributed by atoms with Crippen molar-refractivity contribution in [3.05, 3.63) is 36.5 Å². The summed E-state index contributed by atoms with van der Waals surface area (Å²) >= 11 is 0. The summed E-state index contributed by atoms with van der Waals surface area (Å²) in [5.74, 6) is -0.0728. The normalized spacial score (nSPS) is 12.8. The van der Waals surface area contributed by atoms with Gasteiger partial charge < -0.3 is 20.3 Å². The van der Waals surface area contributed by atoms with E-state index >= 15 is 0 Å². The third-order valence-electron chi connectivity index (χ3n) is 14.4. The molecule has 0 aromatic rings. The summed E-state index contributed by atoms with van der Waals surface area (Å²) in [6.07, 6.45) is 74.4. The first-order valence-corrected chi connectivity index (χ1v) is 31.2. The topological polar surface area (TPSA) is 95.9 Å². The highest BCUT2D eigenvalue weighted by Crippen LogP contribution is 2.18. The van der Waals surface area contributed by atoms with Crippen molar-refractivity contribution >= 4 is 11.9 Å². The van der Waals surface area contributed by atoms with Crippen LogP contribution in [0.25, 0.3) is 0 Å². The summed E-state index contributed by atoms with van der Waals surface area (Å²) in [6.45, 7) is 4.91. The molecule has 1 amide bonds. The van der Waals surface area contributed by atoms with Gasteiger partial charge in [-0.1, -0.05) is 269 Å². The van der Waals surface area contributed by atoms with E-state index in [1.165, 1.54) is 218 Å². The number of amides is 1. The van der Waals surface area contributed by atoms with Crippen LogP contribution in [0.4, 0.5) is 0 Å². The van der Waals surface area contributed by atoms with Crippen molar-refractivity contribution in [2.75, 3.05) is 13.2 Å². The minimum atomic E-state index is -0.677. The van der Waals surface area contributed by atoms with Gasteiger partial charge >= 0.3 is 5.97 Å². The first kappa shape index (κ1) is 68.1. The Balaban J connectivity index is 3.49. The average molecular weight is 985 g/mol. The van der Waals surface area contributed by atoms with Crippen LogP contribution in [0.3, 0.4) is 0 Å². The van der Waals surface area contributed by atoms with Gasteiger partial charge in [-0.05, 0) is 89.9 Å². The van der Waals surface area contributed by atoms with Gasteiger partial charge in [0.05, 0.1) is 25.4 Å². The van der Waals surface area contributed by atoms with E-state index in [1.807, 2.05) is 0 Å². The molecule has 0 aliphatic carbocycles. The molecule has 412 valence electrons. The second-order valence-electron chi connectivity index (χ2n) is 21.4. The van der Waals surface area contributed by atoms with E-state index in [1.54, 1.807) is 0 Å². The first-order chi connectivity index (χ1) is 34.5. The lowest BCUT2D eigenvalue weighted by atomic mass is 10.0. The van der Waals surface area contributed by atoms with Gasteiger partial charge in [0, 0.05) is 12.8 Å². The number of allylic oxidation sites excluding steroid dienone is 6. The van der Waals surface area contributed by atoms with Gasteiger partial charge in [-0.2, -0.15) is 0 Å². The fraction of sp³-hybridized carbons (Fsp3) is 0.875. The molecule has 0 bridgehead atoms. The highest BCUT2D eigenvalue weighted by atomic mass is 16.5. The molecule has 0 radical (unpaired) electrons. The molecule has 0 aliphatic heterocycles. The smallest absolute Gasteiger partial charge is 0.305 e. The summed E-state index contributed by atoms with van der Waals surface area (Å²) in [7, 11) is 0. The lowest BCUT2D eigenvalue weighted by Crippen LogP contribution is -2.45. The predicted molar refractivity (Wildman–Crippen MR) is 306 cm³/mol. The van der Waals surface area contributed by atoms with E-state index in [9.17, 15) is 19.8 Å². The van der Waals surface area contributed by atoms with Crippen molar-refractivity contribution < 1.29 is 24.5 Å². The zero-order valence-electron chi connectivity index (χ0n) is 47.0. The number of carbonyl (C=O) groups is 2. The van der Waals surface area contributed by atoms with Gasteiger partial charge in [0.1, 0.15) is 0 Å². The summed E-state index contributed by atoms with van der Waals surface area (Å²) in [4.78, 5) is 24.5. The lowest BCUT2D eigenvalue weighted by Gasteiger charge is -2.22. The molecular weight excluding hydrogens is 863 g/mol. The SMILES string of the molecule is CCCCCC/C=C\CCCCCCCC(=O)OCCCCC/C=C\C/C=C\CCCCCCCCCC(=O)NC(CO)C(O)CCCCCCCCCCCCCCCCCCCCCCCCC. The summed E-state index contributed by atoms with van der Waals surface area (Å²) in [5, 5.41) is 23.4. The van der Waals surface area contributed by atoms with Gasteiger partial charge in [0.25, 0.3) is 0 Å². The fourth-order valence-corrected chi connectivity index (χ4v) is 9.61. The van der Waals surface area contributed by atoms with E-state index in [2.05, 4.69) is 55.6 Å². The van der Waals surface area contributed by atoms with Gasteiger partial charge in [-0.25, -0.2) is 0 Å². The van der Waals surface area contributed by atoms with Crippen LogP contribution < -0.4 is 5.32 Å². The third-order valence-corrected chi connectivity index (χ3v) is 14.4. The van der Waals surface area contributed by atoms with Crippen LogP contribution in [-0.4, -0.2) is 47.4 Å². The molecule has 0 aliphatic rings. The van der Waals surface area contributed by atoms with Crippen molar-refractivity contribution in [1.82, 2.24) is 5.32 Å². The zero-order valence-corrected chi connectivity index (χ0v) is 47.0. The molecule has 6 nitrogen and oxygen atoms in total. The zero-order chi connectivity index (χ0) is 50.7. The molecule has 0 aromatic heterocycles. The Morgan fingerprint density at radius 2 is 0.714 bits per heavy atom. The van der Waals surface area contributed by atoms with Crippen LogP contribution in [0, 0.1) is 0 Å². The number of aliphatic hydroxyl groups is 2. The highest BCUT2D eigenvalue weighted by molar-refractivity contribution is 5.76. The minimum absolute atomic E-state index is 0.0243. The van der Waals surface area contributed by atoms with E-state index in [4.69, 9.17) is 4.74 Å². The van der Waals surface area contributed by atoms with Crippen molar-refractivity contribution in [2.45, 2.75) is 347 Å². The Labute approximate surface area is 436 Å². The van der Waals surface area contributed by atoms with Crippen molar-refractivity contribution in [1.29, 1.82) is 0 Å². The van der Waals surface area contributed by atoms with Gasteiger partial charge in [-0.3, -0.25) is 9.59 Å². The number of carbonyl (C=O) groups excluding carboxylic acids is 2. The molecule has 3 N–H and O–H groups in total. The maximum absolute atomic E-state index is 12.5. The van der Waals surface area contributed by atoms with Gasteiger partial charge in [0.15, 0.2) is 0 Å². The molecule has 0 saturated carbocycles. The number of hydrogen-bond acceptors (Lipinski definition) is 5. The van der Waals surface area contributed by atoms with Crippen molar-refractivity contribution in [3.63, 3.8) is 0 Å². The van der Waals surface area contributed by atoms with Crippen LogP contribution in [0.15, 0.2) is 36.5 Å².